The van der Waals surface area contributed by atoms with Crippen LogP contribution in [0.4, 0.5) is 11.4 Å². The van der Waals surface area contributed by atoms with Gasteiger partial charge >= 0.3 is 0 Å². The number of hydrogen-bond acceptors (Lipinski definition) is 2. The summed E-state index contributed by atoms with van der Waals surface area (Å²) in [6.45, 7) is 23.0. The maximum absolute atomic E-state index is 4.41. The van der Waals surface area contributed by atoms with Crippen LogP contribution in [0.3, 0.4) is 0 Å². The van der Waals surface area contributed by atoms with E-state index in [0.29, 0.717) is 0 Å². The van der Waals surface area contributed by atoms with Gasteiger partial charge in [-0.3, -0.25) is 0 Å². The van der Waals surface area contributed by atoms with Crippen molar-refractivity contribution in [3.8, 4) is 0 Å². The summed E-state index contributed by atoms with van der Waals surface area (Å²) in [7, 11) is 1.63. The average Bonchev–Trinajstić information content (AvgIpc) is 2.81. The van der Waals surface area contributed by atoms with E-state index in [9.17, 15) is 0 Å². The van der Waals surface area contributed by atoms with Crippen molar-refractivity contribution in [2.24, 2.45) is 0 Å². The van der Waals surface area contributed by atoms with E-state index < -0.39 is 16.5 Å². The molecule has 0 spiro atoms. The van der Waals surface area contributed by atoms with Crippen molar-refractivity contribution >= 4 is 39.0 Å². The van der Waals surface area contributed by atoms with Gasteiger partial charge in [0.1, 0.15) is 16.5 Å². The molecule has 0 saturated heterocycles. The molecule has 3 aromatic rings. The number of nitrogens with zero attached hydrogens (tertiary/aromatic N) is 2. The molecule has 0 saturated carbocycles. The first-order valence-corrected chi connectivity index (χ1v) is 18.9. The highest BCUT2D eigenvalue weighted by molar-refractivity contribution is 6.80. The molecular weight excluding hydrogens is 445 g/mol. The third kappa shape index (κ3) is 5.80. The Morgan fingerprint density at radius 2 is 0.853 bits per heavy atom. The lowest BCUT2D eigenvalue weighted by Gasteiger charge is -2.32. The molecule has 34 heavy (non-hydrogen) atoms. The molecule has 0 atom stereocenters. The summed E-state index contributed by atoms with van der Waals surface area (Å²) in [5, 5.41) is 0. The van der Waals surface area contributed by atoms with Crippen LogP contribution in [-0.2, 0) is 0 Å². The highest BCUT2D eigenvalue weighted by atomic mass is 28.3. The zero-order chi connectivity index (χ0) is 25.3. The Bertz CT molecular complexity index is 1070. The van der Waals surface area contributed by atoms with E-state index >= 15 is 0 Å². The van der Waals surface area contributed by atoms with E-state index in [1.165, 1.54) is 11.4 Å². The normalized spacial score (nSPS) is 11.8. The van der Waals surface area contributed by atoms with Gasteiger partial charge in [-0.05, 0) is 77.8 Å². The second-order valence-electron chi connectivity index (χ2n) is 11.1. The van der Waals surface area contributed by atoms with Crippen molar-refractivity contribution in [1.82, 2.24) is 0 Å². The Morgan fingerprint density at radius 1 is 0.529 bits per heavy atom. The number of benzene rings is 3. The van der Waals surface area contributed by atoms with Gasteiger partial charge in [0.15, 0.2) is 0 Å². The fourth-order valence-corrected chi connectivity index (χ4v) is 5.62. The molecule has 0 aliphatic rings. The van der Waals surface area contributed by atoms with Gasteiger partial charge in [0.2, 0.25) is 0 Å². The lowest BCUT2D eigenvalue weighted by molar-refractivity contribution is 1.25. The molecule has 3 rings (SSSR count). The van der Waals surface area contributed by atoms with Crippen LogP contribution in [0.2, 0.25) is 39.3 Å². The monoisotopic (exact) mass is 484 g/mol. The molecule has 0 amide bonds. The largest absolute Gasteiger partial charge is 0.401 e. The first-order chi connectivity index (χ1) is 15.8. The first-order valence-electron chi connectivity index (χ1n) is 12.0. The highest BCUT2D eigenvalue weighted by Gasteiger charge is 2.21. The fourth-order valence-electron chi connectivity index (χ4n) is 3.77. The Hall–Kier alpha value is -2.83. The molecule has 3 aromatic carbocycles. The molecular formula is C30H40N2Si2. The summed E-state index contributed by atoms with van der Waals surface area (Å²) in [5.41, 5.74) is 9.14. The number of rotatable bonds is 8. The van der Waals surface area contributed by atoms with Crippen molar-refractivity contribution in [2.75, 3.05) is 23.2 Å². The van der Waals surface area contributed by atoms with Crippen LogP contribution >= 0.6 is 0 Å². The second-order valence-corrected chi connectivity index (χ2v) is 21.1. The molecule has 0 aliphatic carbocycles. The lowest BCUT2D eigenvalue weighted by atomic mass is 9.93. The molecule has 0 N–H and O–H groups in total. The van der Waals surface area contributed by atoms with Gasteiger partial charge < -0.3 is 9.13 Å². The molecule has 0 bridgehead atoms. The Kier molecular flexibility index (Phi) is 7.44. The quantitative estimate of drug-likeness (QED) is 0.296. The van der Waals surface area contributed by atoms with E-state index in [-0.39, 0.29) is 0 Å². The Labute approximate surface area is 209 Å². The van der Waals surface area contributed by atoms with E-state index in [1.807, 2.05) is 0 Å². The summed E-state index contributed by atoms with van der Waals surface area (Å²) in [4.78, 5) is 0. The number of hydrogen-bond donors (Lipinski definition) is 0. The second kappa shape index (κ2) is 9.81. The van der Waals surface area contributed by atoms with Crippen LogP contribution in [0.15, 0.2) is 86.0 Å². The van der Waals surface area contributed by atoms with Crippen molar-refractivity contribution in [2.45, 2.75) is 39.3 Å². The van der Waals surface area contributed by atoms with Crippen LogP contribution in [0.25, 0.3) is 11.1 Å². The zero-order valence-corrected chi connectivity index (χ0v) is 24.2. The van der Waals surface area contributed by atoms with Gasteiger partial charge in [0.05, 0.1) is 0 Å². The molecule has 0 heterocycles. The van der Waals surface area contributed by atoms with Crippen LogP contribution in [0, 0.1) is 0 Å². The smallest absolute Gasteiger partial charge is 0.147 e. The molecule has 4 heteroatoms. The van der Waals surface area contributed by atoms with Crippen molar-refractivity contribution in [3.05, 3.63) is 108 Å². The van der Waals surface area contributed by atoms with Gasteiger partial charge in [-0.15, -0.1) is 0 Å². The standard InChI is InChI=1S/C30H40N2Si2/c1-23(25-14-18-29(19-15-25)31(3)33(5,6)7)27-12-11-13-28(22-27)24(2)26-16-20-30(21-17-26)32(4)34(8,9)10/h11-22H,1-2H2,3-10H3. The summed E-state index contributed by atoms with van der Waals surface area (Å²) >= 11 is 0. The van der Waals surface area contributed by atoms with Crippen LogP contribution in [-0.4, -0.2) is 30.6 Å². The fraction of sp³-hybridized carbons (Fsp3) is 0.267. The highest BCUT2D eigenvalue weighted by Crippen LogP contribution is 2.30. The van der Waals surface area contributed by atoms with Gasteiger partial charge in [-0.25, -0.2) is 0 Å². The topological polar surface area (TPSA) is 6.48 Å². The maximum Gasteiger partial charge on any atom is 0.147 e. The van der Waals surface area contributed by atoms with Gasteiger partial charge in [0, 0.05) is 11.4 Å². The predicted octanol–water partition coefficient (Wildman–Crippen LogP) is 8.35. The SMILES string of the molecule is C=C(c1ccc(N(C)[Si](C)(C)C)cc1)c1cccc(C(=C)c2ccc(N(C)[Si](C)(C)C)cc2)c1. The summed E-state index contributed by atoms with van der Waals surface area (Å²) in [5.74, 6) is 0. The Morgan fingerprint density at radius 3 is 1.15 bits per heavy atom. The first kappa shape index (κ1) is 25.8. The van der Waals surface area contributed by atoms with Crippen molar-refractivity contribution < 1.29 is 0 Å². The van der Waals surface area contributed by atoms with Gasteiger partial charge in [0.25, 0.3) is 0 Å². The number of anilines is 2. The predicted molar refractivity (Wildman–Crippen MR) is 159 cm³/mol. The lowest BCUT2D eigenvalue weighted by Crippen LogP contribution is -2.43. The van der Waals surface area contributed by atoms with Gasteiger partial charge in [-0.2, -0.15) is 0 Å². The van der Waals surface area contributed by atoms with E-state index in [2.05, 4.69) is 148 Å². The molecule has 0 unspecified atom stereocenters. The summed E-state index contributed by atoms with van der Waals surface area (Å²) in [6.07, 6.45) is 0. The summed E-state index contributed by atoms with van der Waals surface area (Å²) < 4.78 is 4.85. The maximum atomic E-state index is 4.41. The van der Waals surface area contributed by atoms with Gasteiger partial charge in [-0.1, -0.05) is 94.9 Å². The summed E-state index contributed by atoms with van der Waals surface area (Å²) in [6, 6.07) is 26.1. The van der Waals surface area contributed by atoms with Crippen LogP contribution in [0.5, 0.6) is 0 Å². The van der Waals surface area contributed by atoms with E-state index in [1.54, 1.807) is 0 Å². The zero-order valence-electron chi connectivity index (χ0n) is 22.2. The van der Waals surface area contributed by atoms with E-state index in [4.69, 9.17) is 0 Å². The molecule has 0 aromatic heterocycles. The minimum absolute atomic E-state index is 1.03. The molecule has 0 radical (unpaired) electrons. The molecule has 0 fully saturated rings. The van der Waals surface area contributed by atoms with Crippen molar-refractivity contribution in [1.29, 1.82) is 0 Å². The molecule has 2 nitrogen and oxygen atoms in total. The third-order valence-corrected chi connectivity index (χ3v) is 11.3. The minimum Gasteiger partial charge on any atom is -0.401 e. The molecule has 0 aliphatic heterocycles. The Balaban J connectivity index is 1.80. The third-order valence-electron chi connectivity index (χ3n) is 6.78. The van der Waals surface area contributed by atoms with Crippen LogP contribution in [0.1, 0.15) is 22.3 Å². The van der Waals surface area contributed by atoms with Crippen LogP contribution < -0.4 is 9.13 Å². The van der Waals surface area contributed by atoms with Crippen molar-refractivity contribution in [3.63, 3.8) is 0 Å². The minimum atomic E-state index is -1.38. The van der Waals surface area contributed by atoms with E-state index in [0.717, 1.165) is 33.4 Å². The average molecular weight is 485 g/mol. The molecule has 178 valence electrons.